The SMILES string of the molecule is COC(=O)NC(C(=O)N1CC(F)(F)CC1c1nc2ccc(Br)cc2[nH]1)C(C)C. The third kappa shape index (κ3) is 4.11. The number of aromatic nitrogens is 2. The molecule has 2 atom stereocenters. The highest BCUT2D eigenvalue weighted by Gasteiger charge is 2.50. The highest BCUT2D eigenvalue weighted by atomic mass is 79.9. The van der Waals surface area contributed by atoms with Crippen LogP contribution in [0.3, 0.4) is 0 Å². The van der Waals surface area contributed by atoms with Crippen LogP contribution in [0.2, 0.25) is 0 Å². The first-order valence-corrected chi connectivity index (χ1v) is 9.58. The van der Waals surface area contributed by atoms with Crippen LogP contribution in [0.5, 0.6) is 0 Å². The number of nitrogens with one attached hydrogen (secondary N) is 2. The van der Waals surface area contributed by atoms with Gasteiger partial charge in [-0.25, -0.2) is 18.6 Å². The standard InChI is InChI=1S/C18H21BrF2N4O3/c1-9(2)14(24-17(27)28-3)16(26)25-8-18(20,21)7-13(25)15-22-11-5-4-10(19)6-12(11)23-15/h4-6,9,13-14H,7-8H2,1-3H3,(H,22,23)(H,24,27). The predicted molar refractivity (Wildman–Crippen MR) is 102 cm³/mol. The van der Waals surface area contributed by atoms with Gasteiger partial charge in [-0.1, -0.05) is 29.8 Å². The van der Waals surface area contributed by atoms with Crippen molar-refractivity contribution in [2.45, 2.75) is 38.3 Å². The number of methoxy groups -OCH3 is 1. The predicted octanol–water partition coefficient (Wildman–Crippen LogP) is 3.61. The number of carbonyl (C=O) groups excluding carboxylic acids is 2. The molecule has 10 heteroatoms. The van der Waals surface area contributed by atoms with Gasteiger partial charge in [0.2, 0.25) is 5.91 Å². The van der Waals surface area contributed by atoms with Crippen molar-refractivity contribution in [1.29, 1.82) is 0 Å². The molecule has 0 aliphatic carbocycles. The van der Waals surface area contributed by atoms with Crippen molar-refractivity contribution >= 4 is 39.0 Å². The maximum atomic E-state index is 14.2. The van der Waals surface area contributed by atoms with Gasteiger partial charge in [0.25, 0.3) is 5.92 Å². The number of alkyl carbamates (subject to hydrolysis) is 1. The molecule has 0 radical (unpaired) electrons. The summed E-state index contributed by atoms with van der Waals surface area (Å²) in [6.07, 6.45) is -1.33. The smallest absolute Gasteiger partial charge is 0.407 e. The second-order valence-electron chi connectivity index (χ2n) is 7.18. The number of aromatic amines is 1. The van der Waals surface area contributed by atoms with Crippen LogP contribution in [-0.4, -0.2) is 52.5 Å². The number of likely N-dealkylation sites (tertiary alicyclic amines) is 1. The maximum absolute atomic E-state index is 14.2. The molecule has 152 valence electrons. The number of nitrogens with zero attached hydrogens (tertiary/aromatic N) is 2. The zero-order chi connectivity index (χ0) is 20.6. The number of H-pyrrole nitrogens is 1. The summed E-state index contributed by atoms with van der Waals surface area (Å²) in [7, 11) is 1.18. The Morgan fingerprint density at radius 1 is 1.43 bits per heavy atom. The van der Waals surface area contributed by atoms with Crippen LogP contribution in [0.4, 0.5) is 13.6 Å². The Morgan fingerprint density at radius 3 is 2.79 bits per heavy atom. The lowest BCUT2D eigenvalue weighted by Gasteiger charge is -2.29. The van der Waals surface area contributed by atoms with Crippen molar-refractivity contribution in [2.24, 2.45) is 5.92 Å². The molecular weight excluding hydrogens is 438 g/mol. The van der Waals surface area contributed by atoms with Crippen molar-refractivity contribution in [1.82, 2.24) is 20.2 Å². The van der Waals surface area contributed by atoms with Crippen LogP contribution in [-0.2, 0) is 9.53 Å². The monoisotopic (exact) mass is 458 g/mol. The highest BCUT2D eigenvalue weighted by Crippen LogP contribution is 2.41. The summed E-state index contributed by atoms with van der Waals surface area (Å²) in [5, 5.41) is 2.44. The third-order valence-corrected chi connectivity index (χ3v) is 5.22. The fourth-order valence-electron chi connectivity index (χ4n) is 3.33. The minimum absolute atomic E-state index is 0.291. The maximum Gasteiger partial charge on any atom is 0.407 e. The van der Waals surface area contributed by atoms with Crippen LogP contribution in [0.15, 0.2) is 22.7 Å². The molecule has 0 bridgehead atoms. The Labute approximate surface area is 168 Å². The number of fused-ring (bicyclic) bond motifs is 1. The van der Waals surface area contributed by atoms with Crippen molar-refractivity contribution in [3.05, 3.63) is 28.5 Å². The number of hydrogen-bond acceptors (Lipinski definition) is 4. The van der Waals surface area contributed by atoms with E-state index in [1.807, 2.05) is 0 Å². The zero-order valence-corrected chi connectivity index (χ0v) is 17.2. The van der Waals surface area contributed by atoms with E-state index < -0.39 is 43.0 Å². The molecule has 2 heterocycles. The lowest BCUT2D eigenvalue weighted by Crippen LogP contribution is -2.51. The van der Waals surface area contributed by atoms with Gasteiger partial charge >= 0.3 is 6.09 Å². The number of benzene rings is 1. The van der Waals surface area contributed by atoms with E-state index in [2.05, 4.69) is 36.0 Å². The van der Waals surface area contributed by atoms with Crippen LogP contribution in [0, 0.1) is 5.92 Å². The van der Waals surface area contributed by atoms with Gasteiger partial charge in [0.05, 0.1) is 30.7 Å². The Balaban J connectivity index is 1.94. The molecule has 0 spiro atoms. The molecule has 0 saturated carbocycles. The summed E-state index contributed by atoms with van der Waals surface area (Å²) < 4.78 is 33.9. The van der Waals surface area contributed by atoms with E-state index in [1.54, 1.807) is 32.0 Å². The van der Waals surface area contributed by atoms with Crippen LogP contribution < -0.4 is 5.32 Å². The van der Waals surface area contributed by atoms with Crippen molar-refractivity contribution in [3.63, 3.8) is 0 Å². The number of carbonyl (C=O) groups is 2. The van der Waals surface area contributed by atoms with Gasteiger partial charge in [0, 0.05) is 10.9 Å². The van der Waals surface area contributed by atoms with Crippen molar-refractivity contribution < 1.29 is 23.1 Å². The lowest BCUT2D eigenvalue weighted by atomic mass is 10.0. The van der Waals surface area contributed by atoms with Gasteiger partial charge in [0.15, 0.2) is 0 Å². The van der Waals surface area contributed by atoms with E-state index >= 15 is 0 Å². The molecular formula is C18H21BrF2N4O3. The van der Waals surface area contributed by atoms with E-state index in [0.717, 1.165) is 9.37 Å². The van der Waals surface area contributed by atoms with E-state index in [1.165, 1.54) is 7.11 Å². The van der Waals surface area contributed by atoms with Gasteiger partial charge in [-0.15, -0.1) is 0 Å². The number of halogens is 3. The minimum Gasteiger partial charge on any atom is -0.453 e. The average molecular weight is 459 g/mol. The second kappa shape index (κ2) is 7.65. The largest absolute Gasteiger partial charge is 0.453 e. The molecule has 1 aliphatic heterocycles. The molecule has 2 aromatic rings. The second-order valence-corrected chi connectivity index (χ2v) is 8.10. The normalized spacial score (nSPS) is 19.8. The summed E-state index contributed by atoms with van der Waals surface area (Å²) in [4.78, 5) is 33.2. The van der Waals surface area contributed by atoms with Crippen LogP contribution in [0.1, 0.15) is 32.1 Å². The number of amides is 2. The molecule has 2 amide bonds. The summed E-state index contributed by atoms with van der Waals surface area (Å²) >= 11 is 3.36. The Hall–Kier alpha value is -2.23. The first-order chi connectivity index (χ1) is 13.1. The third-order valence-electron chi connectivity index (χ3n) is 4.72. The first kappa shape index (κ1) is 20.5. The lowest BCUT2D eigenvalue weighted by molar-refractivity contribution is -0.136. The summed E-state index contributed by atoms with van der Waals surface area (Å²) in [5.41, 5.74) is 1.30. The molecule has 2 unspecified atom stereocenters. The molecule has 1 aromatic heterocycles. The molecule has 1 saturated heterocycles. The van der Waals surface area contributed by atoms with Gasteiger partial charge in [-0.05, 0) is 24.1 Å². The Morgan fingerprint density at radius 2 is 2.14 bits per heavy atom. The van der Waals surface area contributed by atoms with E-state index in [4.69, 9.17) is 0 Å². The van der Waals surface area contributed by atoms with Crippen molar-refractivity contribution in [3.8, 4) is 0 Å². The zero-order valence-electron chi connectivity index (χ0n) is 15.6. The number of rotatable bonds is 4. The molecule has 1 fully saturated rings. The fourth-order valence-corrected chi connectivity index (χ4v) is 3.69. The Kier molecular flexibility index (Phi) is 5.60. The Bertz CT molecular complexity index is 902. The molecule has 2 N–H and O–H groups in total. The van der Waals surface area contributed by atoms with E-state index in [0.29, 0.717) is 16.9 Å². The molecule has 28 heavy (non-hydrogen) atoms. The minimum atomic E-state index is -3.05. The number of ether oxygens (including phenoxy) is 1. The summed E-state index contributed by atoms with van der Waals surface area (Å²) in [6, 6.07) is 3.44. The number of hydrogen-bond donors (Lipinski definition) is 2. The molecule has 1 aliphatic rings. The summed E-state index contributed by atoms with van der Waals surface area (Å²) in [5.74, 6) is -3.66. The number of alkyl halides is 2. The quantitative estimate of drug-likeness (QED) is 0.732. The van der Waals surface area contributed by atoms with E-state index in [9.17, 15) is 18.4 Å². The van der Waals surface area contributed by atoms with Gasteiger partial charge in [-0.2, -0.15) is 0 Å². The molecule has 3 rings (SSSR count). The van der Waals surface area contributed by atoms with Gasteiger partial charge in [0.1, 0.15) is 11.9 Å². The van der Waals surface area contributed by atoms with Crippen LogP contribution >= 0.6 is 15.9 Å². The molecule has 7 nitrogen and oxygen atoms in total. The number of imidazole rings is 1. The van der Waals surface area contributed by atoms with Crippen molar-refractivity contribution in [2.75, 3.05) is 13.7 Å². The average Bonchev–Trinajstić information content (AvgIpc) is 3.18. The van der Waals surface area contributed by atoms with Gasteiger partial charge in [-0.3, -0.25) is 4.79 Å². The summed E-state index contributed by atoms with van der Waals surface area (Å²) in [6.45, 7) is 2.71. The highest BCUT2D eigenvalue weighted by molar-refractivity contribution is 9.10. The van der Waals surface area contributed by atoms with Crippen LogP contribution in [0.25, 0.3) is 11.0 Å². The van der Waals surface area contributed by atoms with Gasteiger partial charge < -0.3 is 19.9 Å². The topological polar surface area (TPSA) is 87.3 Å². The van der Waals surface area contributed by atoms with E-state index in [-0.39, 0.29) is 5.92 Å². The fraction of sp³-hybridized carbons (Fsp3) is 0.500. The molecule has 1 aromatic carbocycles. The first-order valence-electron chi connectivity index (χ1n) is 8.79.